The lowest BCUT2D eigenvalue weighted by Crippen LogP contribution is -2.42. The second-order valence-electron chi connectivity index (χ2n) is 6.14. The molecule has 5 heteroatoms. The fraction of sp³-hybridized carbons (Fsp3) is 0.588. The summed E-state index contributed by atoms with van der Waals surface area (Å²) in [5, 5.41) is 3.16. The summed E-state index contributed by atoms with van der Waals surface area (Å²) < 4.78 is 10.9. The maximum Gasteiger partial charge on any atom is 0.225 e. The summed E-state index contributed by atoms with van der Waals surface area (Å²) in [4.78, 5) is 14.5. The average Bonchev–Trinajstić information content (AvgIpc) is 2.89. The van der Waals surface area contributed by atoms with Crippen molar-refractivity contribution in [2.45, 2.75) is 31.1 Å². The second kappa shape index (κ2) is 7.22. The van der Waals surface area contributed by atoms with Gasteiger partial charge < -0.3 is 19.7 Å². The van der Waals surface area contributed by atoms with Crippen LogP contribution in [-0.4, -0.2) is 56.5 Å². The number of carbonyl (C=O) groups excluding carboxylic acids is 1. The molecule has 0 aromatic heterocycles. The zero-order chi connectivity index (χ0) is 15.4. The molecule has 22 heavy (non-hydrogen) atoms. The molecule has 0 unspecified atom stereocenters. The Balaban J connectivity index is 1.58. The topological polar surface area (TPSA) is 50.8 Å². The number of benzene rings is 1. The molecule has 0 saturated carbocycles. The van der Waals surface area contributed by atoms with Gasteiger partial charge in [0.2, 0.25) is 5.91 Å². The van der Waals surface area contributed by atoms with E-state index >= 15 is 0 Å². The van der Waals surface area contributed by atoms with Crippen molar-refractivity contribution in [1.82, 2.24) is 10.2 Å². The van der Waals surface area contributed by atoms with Crippen molar-refractivity contribution in [2.24, 2.45) is 0 Å². The van der Waals surface area contributed by atoms with E-state index in [1.807, 2.05) is 6.07 Å². The Hall–Kier alpha value is -1.43. The SMILES string of the molecule is CN1C[C@H](c2ccccc2)[C@H](NC(=O)CC2OCCCO2)C1. The normalized spacial score (nSPS) is 27.0. The summed E-state index contributed by atoms with van der Waals surface area (Å²) in [7, 11) is 2.09. The van der Waals surface area contributed by atoms with E-state index in [0.717, 1.165) is 19.5 Å². The first kappa shape index (κ1) is 15.5. The van der Waals surface area contributed by atoms with Gasteiger partial charge in [-0.05, 0) is 19.0 Å². The van der Waals surface area contributed by atoms with Crippen LogP contribution in [0, 0.1) is 0 Å². The third kappa shape index (κ3) is 3.85. The van der Waals surface area contributed by atoms with Crippen LogP contribution >= 0.6 is 0 Å². The van der Waals surface area contributed by atoms with Crippen molar-refractivity contribution in [2.75, 3.05) is 33.4 Å². The quantitative estimate of drug-likeness (QED) is 0.912. The third-order valence-electron chi connectivity index (χ3n) is 4.32. The second-order valence-corrected chi connectivity index (χ2v) is 6.14. The van der Waals surface area contributed by atoms with E-state index in [4.69, 9.17) is 9.47 Å². The minimum absolute atomic E-state index is 0.00753. The number of nitrogens with zero attached hydrogens (tertiary/aromatic N) is 1. The number of likely N-dealkylation sites (N-methyl/N-ethyl adjacent to an activating group) is 1. The van der Waals surface area contributed by atoms with Crippen molar-refractivity contribution in [3.8, 4) is 0 Å². The van der Waals surface area contributed by atoms with Crippen LogP contribution in [-0.2, 0) is 14.3 Å². The first-order valence-corrected chi connectivity index (χ1v) is 7.98. The maximum atomic E-state index is 12.3. The van der Waals surface area contributed by atoms with Gasteiger partial charge in [0.1, 0.15) is 0 Å². The number of nitrogens with one attached hydrogen (secondary N) is 1. The van der Waals surface area contributed by atoms with Crippen LogP contribution in [0.5, 0.6) is 0 Å². The molecule has 2 fully saturated rings. The van der Waals surface area contributed by atoms with Gasteiger partial charge in [0.25, 0.3) is 0 Å². The van der Waals surface area contributed by atoms with Crippen LogP contribution in [0.4, 0.5) is 0 Å². The predicted octanol–water partition coefficient (Wildman–Crippen LogP) is 1.35. The van der Waals surface area contributed by atoms with Crippen LogP contribution < -0.4 is 5.32 Å². The smallest absolute Gasteiger partial charge is 0.225 e. The van der Waals surface area contributed by atoms with Gasteiger partial charge in [0, 0.05) is 25.0 Å². The Bertz CT molecular complexity index is 488. The Morgan fingerprint density at radius 1 is 1.23 bits per heavy atom. The van der Waals surface area contributed by atoms with E-state index in [0.29, 0.717) is 19.1 Å². The van der Waals surface area contributed by atoms with Gasteiger partial charge >= 0.3 is 0 Å². The van der Waals surface area contributed by atoms with E-state index in [1.54, 1.807) is 0 Å². The highest BCUT2D eigenvalue weighted by atomic mass is 16.7. The van der Waals surface area contributed by atoms with E-state index in [2.05, 4.69) is 41.5 Å². The van der Waals surface area contributed by atoms with Crippen LogP contribution in [0.1, 0.15) is 24.3 Å². The molecule has 1 aromatic carbocycles. The molecule has 2 heterocycles. The molecular formula is C17H24N2O3. The predicted molar refractivity (Wildman–Crippen MR) is 83.5 cm³/mol. The molecule has 5 nitrogen and oxygen atoms in total. The lowest BCUT2D eigenvalue weighted by molar-refractivity contribution is -0.184. The van der Waals surface area contributed by atoms with E-state index in [9.17, 15) is 4.79 Å². The molecule has 2 saturated heterocycles. The van der Waals surface area contributed by atoms with Crippen LogP contribution in [0.15, 0.2) is 30.3 Å². The molecule has 3 rings (SSSR count). The number of amides is 1. The van der Waals surface area contributed by atoms with Crippen molar-refractivity contribution in [3.63, 3.8) is 0 Å². The van der Waals surface area contributed by atoms with E-state index in [1.165, 1.54) is 5.56 Å². The Morgan fingerprint density at radius 3 is 2.68 bits per heavy atom. The molecule has 0 radical (unpaired) electrons. The lowest BCUT2D eigenvalue weighted by atomic mass is 9.94. The highest BCUT2D eigenvalue weighted by Crippen LogP contribution is 2.26. The van der Waals surface area contributed by atoms with Crippen LogP contribution in [0.3, 0.4) is 0 Å². The first-order chi connectivity index (χ1) is 10.7. The molecule has 0 spiro atoms. The number of hydrogen-bond donors (Lipinski definition) is 1. The van der Waals surface area contributed by atoms with Gasteiger partial charge in [-0.2, -0.15) is 0 Å². The van der Waals surface area contributed by atoms with Crippen molar-refractivity contribution < 1.29 is 14.3 Å². The van der Waals surface area contributed by atoms with Gasteiger partial charge in [-0.1, -0.05) is 30.3 Å². The molecule has 0 bridgehead atoms. The first-order valence-electron chi connectivity index (χ1n) is 7.98. The summed E-state index contributed by atoms with van der Waals surface area (Å²) in [6, 6.07) is 10.5. The average molecular weight is 304 g/mol. The fourth-order valence-electron chi connectivity index (χ4n) is 3.26. The van der Waals surface area contributed by atoms with Gasteiger partial charge in [-0.25, -0.2) is 0 Å². The number of likely N-dealkylation sites (tertiary alicyclic amines) is 1. The molecule has 2 aliphatic rings. The van der Waals surface area contributed by atoms with Crippen molar-refractivity contribution in [1.29, 1.82) is 0 Å². The van der Waals surface area contributed by atoms with Crippen LogP contribution in [0.25, 0.3) is 0 Å². The third-order valence-corrected chi connectivity index (χ3v) is 4.32. The standard InChI is InChI=1S/C17H24N2O3/c1-19-11-14(13-6-3-2-4-7-13)15(12-19)18-16(20)10-17-21-8-5-9-22-17/h2-4,6-7,14-15,17H,5,8-12H2,1H3,(H,18,20)/t14-,15-/m1/s1. The summed E-state index contributed by atoms with van der Waals surface area (Å²) in [6.07, 6.45) is 0.798. The largest absolute Gasteiger partial charge is 0.352 e. The molecule has 120 valence electrons. The lowest BCUT2D eigenvalue weighted by Gasteiger charge is -2.25. The molecule has 1 amide bonds. The Morgan fingerprint density at radius 2 is 1.95 bits per heavy atom. The molecule has 2 aliphatic heterocycles. The van der Waals surface area contributed by atoms with Crippen molar-refractivity contribution >= 4 is 5.91 Å². The van der Waals surface area contributed by atoms with Gasteiger partial charge in [0.15, 0.2) is 6.29 Å². The van der Waals surface area contributed by atoms with E-state index < -0.39 is 0 Å². The number of carbonyl (C=O) groups is 1. The maximum absolute atomic E-state index is 12.3. The minimum Gasteiger partial charge on any atom is -0.352 e. The highest BCUT2D eigenvalue weighted by Gasteiger charge is 2.33. The zero-order valence-corrected chi connectivity index (χ0v) is 13.0. The number of ether oxygens (including phenoxy) is 2. The van der Waals surface area contributed by atoms with Crippen LogP contribution in [0.2, 0.25) is 0 Å². The van der Waals surface area contributed by atoms with Gasteiger partial charge in [0.05, 0.1) is 19.6 Å². The molecule has 2 atom stereocenters. The Kier molecular flexibility index (Phi) is 5.08. The molecule has 1 aromatic rings. The summed E-state index contributed by atoms with van der Waals surface area (Å²) in [5.74, 6) is 0.344. The monoisotopic (exact) mass is 304 g/mol. The van der Waals surface area contributed by atoms with Gasteiger partial charge in [-0.15, -0.1) is 0 Å². The summed E-state index contributed by atoms with van der Waals surface area (Å²) in [6.45, 7) is 3.19. The minimum atomic E-state index is -0.386. The van der Waals surface area contributed by atoms with E-state index in [-0.39, 0.29) is 24.7 Å². The molecule has 0 aliphatic carbocycles. The highest BCUT2D eigenvalue weighted by molar-refractivity contribution is 5.76. The number of rotatable bonds is 4. The van der Waals surface area contributed by atoms with Gasteiger partial charge in [-0.3, -0.25) is 4.79 Å². The Labute approximate surface area is 131 Å². The summed E-state index contributed by atoms with van der Waals surface area (Å²) >= 11 is 0. The zero-order valence-electron chi connectivity index (χ0n) is 13.0. The fourth-order valence-corrected chi connectivity index (χ4v) is 3.26. The van der Waals surface area contributed by atoms with Crippen molar-refractivity contribution in [3.05, 3.63) is 35.9 Å². The number of hydrogen-bond acceptors (Lipinski definition) is 4. The summed E-state index contributed by atoms with van der Waals surface area (Å²) in [5.41, 5.74) is 1.28. The molecule has 1 N–H and O–H groups in total. The molecular weight excluding hydrogens is 280 g/mol.